The molecule has 0 aliphatic heterocycles. The van der Waals surface area contributed by atoms with E-state index in [1.807, 2.05) is 27.7 Å². The smallest absolute Gasteiger partial charge is 0.339 e. The van der Waals surface area contributed by atoms with Gasteiger partial charge in [0.1, 0.15) is 17.1 Å². The van der Waals surface area contributed by atoms with Crippen molar-refractivity contribution in [2.24, 2.45) is 5.92 Å². The number of halogens is 1. The average Bonchev–Trinajstić information content (AvgIpc) is 2.77. The van der Waals surface area contributed by atoms with Gasteiger partial charge in [0, 0.05) is 0 Å². The first-order valence-corrected chi connectivity index (χ1v) is 7.42. The van der Waals surface area contributed by atoms with E-state index in [1.54, 1.807) is 18.2 Å². The normalized spacial score (nSPS) is 11.4. The topological polar surface area (TPSA) is 55.1 Å². The predicted molar refractivity (Wildman–Crippen MR) is 83.1 cm³/mol. The summed E-state index contributed by atoms with van der Waals surface area (Å²) in [6.07, 6.45) is 0.544. The second-order valence-corrected chi connectivity index (χ2v) is 6.13. The van der Waals surface area contributed by atoms with Gasteiger partial charge in [-0.25, -0.2) is 13.9 Å². The fourth-order valence-corrected chi connectivity index (χ4v) is 2.58. The molecule has 0 spiro atoms. The second-order valence-electron chi connectivity index (χ2n) is 6.13. The van der Waals surface area contributed by atoms with Gasteiger partial charge in [0.25, 0.3) is 0 Å². The maximum atomic E-state index is 14.1. The maximum absolute atomic E-state index is 14.1. The fourth-order valence-electron chi connectivity index (χ4n) is 2.58. The molecule has 118 valence electrons. The van der Waals surface area contributed by atoms with Crippen LogP contribution < -0.4 is 0 Å². The van der Waals surface area contributed by atoms with Crippen molar-refractivity contribution in [3.8, 4) is 5.69 Å². The predicted octanol–water partition coefficient (Wildman–Crippen LogP) is 4.03. The number of para-hydroxylation sites is 1. The van der Waals surface area contributed by atoms with Crippen molar-refractivity contribution in [1.82, 2.24) is 9.78 Å². The third-order valence-electron chi connectivity index (χ3n) is 3.44. The minimum absolute atomic E-state index is 0.0841. The molecule has 2 aromatic rings. The van der Waals surface area contributed by atoms with Crippen LogP contribution in [0.3, 0.4) is 0 Å². The Morgan fingerprint density at radius 3 is 2.41 bits per heavy atom. The number of carbonyl (C=O) groups is 1. The number of nitrogens with zero attached hydrogens (tertiary/aromatic N) is 2. The van der Waals surface area contributed by atoms with Gasteiger partial charge in [0.05, 0.1) is 11.4 Å². The lowest BCUT2D eigenvalue weighted by atomic mass is 9.99. The van der Waals surface area contributed by atoms with Crippen LogP contribution in [0.15, 0.2) is 24.3 Å². The van der Waals surface area contributed by atoms with Gasteiger partial charge >= 0.3 is 5.97 Å². The third-order valence-corrected chi connectivity index (χ3v) is 3.44. The summed E-state index contributed by atoms with van der Waals surface area (Å²) >= 11 is 0. The molecule has 0 saturated carbocycles. The number of carboxylic acid groups (broad SMARTS) is 1. The lowest BCUT2D eigenvalue weighted by Crippen LogP contribution is -2.09. The summed E-state index contributed by atoms with van der Waals surface area (Å²) in [5.41, 5.74) is 1.53. The Balaban J connectivity index is 2.73. The van der Waals surface area contributed by atoms with Crippen molar-refractivity contribution < 1.29 is 14.3 Å². The summed E-state index contributed by atoms with van der Waals surface area (Å²) in [6, 6.07) is 6.28. The lowest BCUT2D eigenvalue weighted by molar-refractivity contribution is 0.0694. The van der Waals surface area contributed by atoms with Gasteiger partial charge in [0.15, 0.2) is 0 Å². The summed E-state index contributed by atoms with van der Waals surface area (Å²) in [5, 5.41) is 14.0. The summed E-state index contributed by atoms with van der Waals surface area (Å²) in [5.74, 6) is -1.25. The van der Waals surface area contributed by atoms with E-state index in [2.05, 4.69) is 5.10 Å². The highest BCUT2D eigenvalue weighted by molar-refractivity contribution is 5.90. The monoisotopic (exact) mass is 304 g/mol. The van der Waals surface area contributed by atoms with E-state index in [1.165, 1.54) is 10.7 Å². The molecule has 0 atom stereocenters. The Bertz CT molecular complexity index is 690. The molecule has 0 aliphatic rings. The Hall–Kier alpha value is -2.17. The van der Waals surface area contributed by atoms with Gasteiger partial charge in [-0.3, -0.25) is 0 Å². The SMILES string of the molecule is CC(C)Cc1nn(-c2ccccc2F)c(C(C)C)c1C(=O)O. The molecule has 1 heterocycles. The van der Waals surface area contributed by atoms with E-state index in [0.717, 1.165) is 0 Å². The van der Waals surface area contributed by atoms with E-state index in [4.69, 9.17) is 0 Å². The lowest BCUT2D eigenvalue weighted by Gasteiger charge is -2.12. The van der Waals surface area contributed by atoms with Crippen LogP contribution >= 0.6 is 0 Å². The van der Waals surface area contributed by atoms with E-state index in [9.17, 15) is 14.3 Å². The number of hydrogen-bond acceptors (Lipinski definition) is 2. The largest absolute Gasteiger partial charge is 0.478 e. The van der Waals surface area contributed by atoms with Crippen molar-refractivity contribution in [2.45, 2.75) is 40.0 Å². The second kappa shape index (κ2) is 6.30. The number of aromatic carboxylic acids is 1. The van der Waals surface area contributed by atoms with Gasteiger partial charge in [0.2, 0.25) is 0 Å². The van der Waals surface area contributed by atoms with Crippen LogP contribution in [-0.4, -0.2) is 20.9 Å². The molecule has 0 amide bonds. The van der Waals surface area contributed by atoms with Gasteiger partial charge in [-0.2, -0.15) is 5.10 Å². The molecule has 2 rings (SSSR count). The number of hydrogen-bond donors (Lipinski definition) is 1. The zero-order valence-corrected chi connectivity index (χ0v) is 13.3. The Kier molecular flexibility index (Phi) is 4.64. The molecular formula is C17H21FN2O2. The number of rotatable bonds is 5. The molecule has 4 nitrogen and oxygen atoms in total. The summed E-state index contributed by atoms with van der Waals surface area (Å²) in [6.45, 7) is 7.78. The van der Waals surface area contributed by atoms with E-state index in [-0.39, 0.29) is 23.1 Å². The van der Waals surface area contributed by atoms with Crippen molar-refractivity contribution in [3.05, 3.63) is 47.0 Å². The number of aromatic nitrogens is 2. The minimum atomic E-state index is -1.01. The van der Waals surface area contributed by atoms with Crippen LogP contribution in [0.2, 0.25) is 0 Å². The molecule has 1 aromatic heterocycles. The summed E-state index contributed by atoms with van der Waals surface area (Å²) in [4.78, 5) is 11.7. The fraction of sp³-hybridized carbons (Fsp3) is 0.412. The zero-order chi connectivity index (χ0) is 16.4. The third kappa shape index (κ3) is 3.03. The van der Waals surface area contributed by atoms with Crippen molar-refractivity contribution >= 4 is 5.97 Å². The van der Waals surface area contributed by atoms with Crippen molar-refractivity contribution in [3.63, 3.8) is 0 Å². The first-order valence-electron chi connectivity index (χ1n) is 7.42. The maximum Gasteiger partial charge on any atom is 0.339 e. The standard InChI is InChI=1S/C17H21FN2O2/c1-10(2)9-13-15(17(21)22)16(11(3)4)20(19-13)14-8-6-5-7-12(14)18/h5-8,10-11H,9H2,1-4H3,(H,21,22). The van der Waals surface area contributed by atoms with Crippen molar-refractivity contribution in [2.75, 3.05) is 0 Å². The molecule has 0 unspecified atom stereocenters. The molecule has 0 saturated heterocycles. The van der Waals surface area contributed by atoms with Gasteiger partial charge < -0.3 is 5.11 Å². The molecule has 22 heavy (non-hydrogen) atoms. The van der Waals surface area contributed by atoms with Crippen LogP contribution in [0.25, 0.3) is 5.69 Å². The summed E-state index contributed by atoms with van der Waals surface area (Å²) in [7, 11) is 0. The van der Waals surface area contributed by atoms with E-state index < -0.39 is 11.8 Å². The van der Waals surface area contributed by atoms with Crippen LogP contribution in [0.5, 0.6) is 0 Å². The van der Waals surface area contributed by atoms with Crippen LogP contribution in [0.1, 0.15) is 55.4 Å². The molecule has 5 heteroatoms. The van der Waals surface area contributed by atoms with Gasteiger partial charge in [-0.1, -0.05) is 39.8 Å². The highest BCUT2D eigenvalue weighted by atomic mass is 19.1. The van der Waals surface area contributed by atoms with Crippen LogP contribution in [0, 0.1) is 11.7 Å². The first-order chi connectivity index (χ1) is 10.3. The molecule has 0 aliphatic carbocycles. The van der Waals surface area contributed by atoms with Crippen LogP contribution in [0.4, 0.5) is 4.39 Å². The summed E-state index contributed by atoms with van der Waals surface area (Å²) < 4.78 is 15.6. The number of carboxylic acids is 1. The van der Waals surface area contributed by atoms with E-state index in [0.29, 0.717) is 17.8 Å². The molecule has 0 radical (unpaired) electrons. The minimum Gasteiger partial charge on any atom is -0.478 e. The average molecular weight is 304 g/mol. The van der Waals surface area contributed by atoms with Gasteiger partial charge in [-0.15, -0.1) is 0 Å². The van der Waals surface area contributed by atoms with Crippen molar-refractivity contribution in [1.29, 1.82) is 0 Å². The van der Waals surface area contributed by atoms with Gasteiger partial charge in [-0.05, 0) is 30.4 Å². The molecule has 0 fully saturated rings. The number of benzene rings is 1. The molecular weight excluding hydrogens is 283 g/mol. The molecule has 1 aromatic carbocycles. The molecule has 1 N–H and O–H groups in total. The first kappa shape index (κ1) is 16.2. The molecule has 0 bridgehead atoms. The van der Waals surface area contributed by atoms with Crippen LogP contribution in [-0.2, 0) is 6.42 Å². The Morgan fingerprint density at radius 1 is 1.27 bits per heavy atom. The zero-order valence-electron chi connectivity index (χ0n) is 13.3. The Labute approximate surface area is 129 Å². The highest BCUT2D eigenvalue weighted by Crippen LogP contribution is 2.28. The quantitative estimate of drug-likeness (QED) is 0.907. The van der Waals surface area contributed by atoms with E-state index >= 15 is 0 Å². The Morgan fingerprint density at radius 2 is 1.91 bits per heavy atom. The highest BCUT2D eigenvalue weighted by Gasteiger charge is 2.27.